The number of piperazine rings is 2. The van der Waals surface area contributed by atoms with Crippen LogP contribution in [0.4, 0.5) is 0 Å². The van der Waals surface area contributed by atoms with Gasteiger partial charge in [-0.25, -0.2) is 0 Å². The molecule has 0 amide bonds. The minimum Gasteiger partial charge on any atom is -0.371 e. The molecule has 36 heavy (non-hydrogen) atoms. The second-order valence-corrected chi connectivity index (χ2v) is 14.4. The largest absolute Gasteiger partial charge is 0.371 e. The fourth-order valence-electron chi connectivity index (χ4n) is 6.82. The van der Waals surface area contributed by atoms with Crippen LogP contribution >= 0.6 is 0 Å². The van der Waals surface area contributed by atoms with E-state index in [-0.39, 0.29) is 22.2 Å². The van der Waals surface area contributed by atoms with E-state index in [9.17, 15) is 10.4 Å². The van der Waals surface area contributed by atoms with Crippen molar-refractivity contribution in [1.82, 2.24) is 29.7 Å². The molecule has 8 nitrogen and oxygen atoms in total. The molecule has 0 bridgehead atoms. The van der Waals surface area contributed by atoms with Gasteiger partial charge in [0.1, 0.15) is 0 Å². The van der Waals surface area contributed by atoms with Crippen LogP contribution in [-0.2, 0) is 0 Å². The number of rotatable bonds is 2. The SMILES string of the molecule is CN1CC=C(N2CC(C)(C)N(O)C(C)(C)C2)CC1.CN1CCC(N2CC(C)(C)N(O)C(C)(C)C2)CC1. The van der Waals surface area contributed by atoms with Gasteiger partial charge in [0.05, 0.1) is 22.2 Å². The van der Waals surface area contributed by atoms with Gasteiger partial charge in [-0.3, -0.25) is 4.90 Å². The van der Waals surface area contributed by atoms with E-state index in [4.69, 9.17) is 0 Å². The van der Waals surface area contributed by atoms with Crippen LogP contribution in [0.5, 0.6) is 0 Å². The van der Waals surface area contributed by atoms with E-state index in [1.165, 1.54) is 36.7 Å². The summed E-state index contributed by atoms with van der Waals surface area (Å²) in [5, 5.41) is 23.7. The highest BCUT2D eigenvalue weighted by Crippen LogP contribution is 2.34. The maximum atomic E-state index is 10.3. The quantitative estimate of drug-likeness (QED) is 0.589. The summed E-state index contributed by atoms with van der Waals surface area (Å²) in [6, 6.07) is 0.688. The molecule has 0 atom stereocenters. The number of likely N-dealkylation sites (N-methyl/N-ethyl adjacent to an activating group) is 1. The topological polar surface area (TPSA) is 59.9 Å². The van der Waals surface area contributed by atoms with Crippen molar-refractivity contribution in [2.75, 3.05) is 66.5 Å². The molecule has 210 valence electrons. The number of hydrogen-bond acceptors (Lipinski definition) is 8. The molecule has 4 heterocycles. The zero-order chi connectivity index (χ0) is 27.1. The van der Waals surface area contributed by atoms with E-state index < -0.39 is 0 Å². The van der Waals surface area contributed by atoms with Crippen molar-refractivity contribution in [2.24, 2.45) is 0 Å². The van der Waals surface area contributed by atoms with Gasteiger partial charge in [0.25, 0.3) is 0 Å². The van der Waals surface area contributed by atoms with Gasteiger partial charge in [0, 0.05) is 51.0 Å². The molecule has 0 aromatic carbocycles. The second kappa shape index (κ2) is 10.8. The first kappa shape index (κ1) is 29.8. The molecule has 0 unspecified atom stereocenters. The summed E-state index contributed by atoms with van der Waals surface area (Å²) in [6.45, 7) is 25.2. The van der Waals surface area contributed by atoms with Gasteiger partial charge in [0.15, 0.2) is 0 Å². The lowest BCUT2D eigenvalue weighted by molar-refractivity contribution is -0.258. The number of nitrogens with zero attached hydrogens (tertiary/aromatic N) is 6. The summed E-state index contributed by atoms with van der Waals surface area (Å²) < 4.78 is 0. The van der Waals surface area contributed by atoms with Gasteiger partial charge in [0.2, 0.25) is 0 Å². The lowest BCUT2D eigenvalue weighted by Crippen LogP contribution is -2.69. The normalized spacial score (nSPS) is 30.4. The maximum Gasteiger partial charge on any atom is 0.0585 e. The fourth-order valence-corrected chi connectivity index (χ4v) is 6.82. The highest BCUT2D eigenvalue weighted by molar-refractivity contribution is 5.11. The molecule has 0 saturated carbocycles. The molecular formula is C28H56N6O2. The van der Waals surface area contributed by atoms with Crippen molar-refractivity contribution in [3.63, 3.8) is 0 Å². The lowest BCUT2D eigenvalue weighted by atomic mass is 9.88. The fraction of sp³-hybridized carbons (Fsp3) is 0.929. The Labute approximate surface area is 221 Å². The molecule has 4 aliphatic heterocycles. The van der Waals surface area contributed by atoms with Crippen LogP contribution in [0.3, 0.4) is 0 Å². The lowest BCUT2D eigenvalue weighted by Gasteiger charge is -2.55. The summed E-state index contributed by atoms with van der Waals surface area (Å²) in [5.74, 6) is 0. The molecule has 4 aliphatic rings. The van der Waals surface area contributed by atoms with E-state index in [1.807, 2.05) is 0 Å². The van der Waals surface area contributed by atoms with Crippen molar-refractivity contribution in [3.05, 3.63) is 11.8 Å². The van der Waals surface area contributed by atoms with Crippen molar-refractivity contribution in [2.45, 2.75) is 103 Å². The molecule has 0 aliphatic carbocycles. The average molecular weight is 509 g/mol. The monoisotopic (exact) mass is 508 g/mol. The number of likely N-dealkylation sites (tertiary alicyclic amines) is 1. The summed E-state index contributed by atoms with van der Waals surface area (Å²) in [5.41, 5.74) is 0.719. The zero-order valence-electron chi connectivity index (χ0n) is 25.0. The molecule has 0 radical (unpaired) electrons. The minimum absolute atomic E-state index is 0.162. The predicted molar refractivity (Wildman–Crippen MR) is 147 cm³/mol. The predicted octanol–water partition coefficient (Wildman–Crippen LogP) is 3.41. The molecule has 4 rings (SSSR count). The molecule has 8 heteroatoms. The van der Waals surface area contributed by atoms with Gasteiger partial charge in [-0.1, -0.05) is 6.08 Å². The van der Waals surface area contributed by atoms with Crippen molar-refractivity contribution < 1.29 is 10.4 Å². The van der Waals surface area contributed by atoms with Crippen molar-refractivity contribution in [3.8, 4) is 0 Å². The van der Waals surface area contributed by atoms with E-state index in [0.717, 1.165) is 45.7 Å². The molecule has 0 spiro atoms. The Kier molecular flexibility index (Phi) is 8.94. The number of hydroxylamine groups is 4. The Morgan fingerprint density at radius 2 is 1.11 bits per heavy atom. The Balaban J connectivity index is 0.000000201. The van der Waals surface area contributed by atoms with Gasteiger partial charge in [-0.05, 0) is 102 Å². The maximum absolute atomic E-state index is 10.3. The van der Waals surface area contributed by atoms with Gasteiger partial charge in [-0.15, -0.1) is 0 Å². The Hall–Kier alpha value is -0.740. The highest BCUT2D eigenvalue weighted by atomic mass is 16.5. The smallest absolute Gasteiger partial charge is 0.0585 e. The third-order valence-electron chi connectivity index (χ3n) is 8.63. The van der Waals surface area contributed by atoms with Crippen LogP contribution in [0, 0.1) is 0 Å². The van der Waals surface area contributed by atoms with Gasteiger partial charge >= 0.3 is 0 Å². The van der Waals surface area contributed by atoms with Crippen LogP contribution < -0.4 is 0 Å². The second-order valence-electron chi connectivity index (χ2n) is 14.4. The van der Waals surface area contributed by atoms with E-state index >= 15 is 0 Å². The standard InChI is InChI=1S/C14H29N3O.C14H27N3O/c2*1-13(2)10-16(11-14(3,4)17(13)18)12-6-8-15(5)9-7-12/h12,18H,6-11H2,1-5H3;6,18H,7-11H2,1-5H3. The van der Waals surface area contributed by atoms with Gasteiger partial charge < -0.3 is 25.1 Å². The first-order valence-electron chi connectivity index (χ1n) is 14.0. The zero-order valence-corrected chi connectivity index (χ0v) is 25.0. The van der Waals surface area contributed by atoms with Crippen LogP contribution in [-0.4, -0.2) is 135 Å². The first-order valence-corrected chi connectivity index (χ1v) is 14.0. The van der Waals surface area contributed by atoms with Crippen LogP contribution in [0.2, 0.25) is 0 Å². The molecule has 3 fully saturated rings. The Morgan fingerprint density at radius 3 is 1.53 bits per heavy atom. The van der Waals surface area contributed by atoms with Crippen LogP contribution in [0.15, 0.2) is 11.8 Å². The molecule has 2 N–H and O–H groups in total. The first-order chi connectivity index (χ1) is 16.4. The van der Waals surface area contributed by atoms with Crippen molar-refractivity contribution >= 4 is 0 Å². The van der Waals surface area contributed by atoms with Crippen LogP contribution in [0.1, 0.15) is 74.7 Å². The third kappa shape index (κ3) is 6.82. The van der Waals surface area contributed by atoms with E-state index in [0.29, 0.717) is 6.04 Å². The molecule has 0 aromatic heterocycles. The summed E-state index contributed by atoms with van der Waals surface area (Å²) in [6.07, 6.45) is 5.97. The van der Waals surface area contributed by atoms with Crippen molar-refractivity contribution in [1.29, 1.82) is 0 Å². The van der Waals surface area contributed by atoms with Gasteiger partial charge in [-0.2, -0.15) is 10.1 Å². The van der Waals surface area contributed by atoms with E-state index in [1.54, 1.807) is 5.06 Å². The Bertz CT molecular complexity index is 736. The Morgan fingerprint density at radius 1 is 0.667 bits per heavy atom. The summed E-state index contributed by atoms with van der Waals surface area (Å²) in [4.78, 5) is 9.80. The van der Waals surface area contributed by atoms with E-state index in [2.05, 4.69) is 95.2 Å². The minimum atomic E-state index is -0.202. The summed E-state index contributed by atoms with van der Waals surface area (Å²) >= 11 is 0. The highest BCUT2D eigenvalue weighted by Gasteiger charge is 2.46. The molecule has 0 aromatic rings. The van der Waals surface area contributed by atoms with Crippen LogP contribution in [0.25, 0.3) is 0 Å². The molecular weight excluding hydrogens is 452 g/mol. The number of hydrogen-bond donors (Lipinski definition) is 2. The number of piperidine rings is 1. The molecule has 3 saturated heterocycles. The summed E-state index contributed by atoms with van der Waals surface area (Å²) in [7, 11) is 4.36. The third-order valence-corrected chi connectivity index (χ3v) is 8.63. The average Bonchev–Trinajstić information content (AvgIpc) is 2.76.